The Labute approximate surface area is 450 Å². The molecule has 14 aromatic rings. The molecule has 0 bridgehead atoms. The van der Waals surface area contributed by atoms with Crippen LogP contribution in [0.15, 0.2) is 247 Å². The van der Waals surface area contributed by atoms with E-state index in [-0.39, 0.29) is 18.3 Å². The van der Waals surface area contributed by atoms with E-state index in [9.17, 15) is 0 Å². The molecule has 1 fully saturated rings. The molecule has 10 aromatic carbocycles. The van der Waals surface area contributed by atoms with Crippen LogP contribution in [-0.2, 0) is 9.31 Å². The molecule has 0 spiro atoms. The molecule has 1 aliphatic heterocycles. The van der Waals surface area contributed by atoms with Crippen molar-refractivity contribution in [2.75, 3.05) is 0 Å². The number of halogens is 1. The van der Waals surface area contributed by atoms with E-state index >= 15 is 0 Å². The number of para-hydroxylation sites is 6. The molecule has 0 unspecified atom stereocenters. The van der Waals surface area contributed by atoms with Crippen LogP contribution in [0, 0.1) is 0 Å². The van der Waals surface area contributed by atoms with Gasteiger partial charge in [-0.25, -0.2) is 9.97 Å². The van der Waals surface area contributed by atoms with Crippen LogP contribution in [0.4, 0.5) is 0 Å². The number of imidazole rings is 2. The Bertz CT molecular complexity index is 4460. The highest BCUT2D eigenvalue weighted by Gasteiger charge is 2.51. The number of aromatic nitrogens is 4. The van der Waals surface area contributed by atoms with Crippen LogP contribution in [0.1, 0.15) is 27.7 Å². The van der Waals surface area contributed by atoms with Crippen LogP contribution in [0.2, 0.25) is 0 Å². The molecule has 0 N–H and O–H groups in total. The van der Waals surface area contributed by atoms with Crippen LogP contribution in [-0.4, -0.2) is 37.1 Å². The van der Waals surface area contributed by atoms with E-state index in [1.54, 1.807) is 0 Å². The second-order valence-electron chi connectivity index (χ2n) is 20.5. The SMILES string of the molecule is Brc1ccc(-c2ccccc2)cc1.CC1(C)OB(c2ccc3c(c2)c2ccccc2n2c4ccccc4nc32)OC1(C)C.c1ccc(-c2ccc(-c3ccc4c(c3)c3ccccc3n3c5ccccc5nc43)cc2)cc1. The first-order valence-electron chi connectivity index (χ1n) is 25.8. The number of nitrogens with zero attached hydrogens (tertiary/aromatic N) is 4. The third-order valence-electron chi connectivity index (χ3n) is 15.3. The standard InChI is InChI=1S/C31H20N2.C25H23BN2O2.C12H9Br/c1-2-8-21(9-3-1)22-14-16-23(17-15-22)24-18-19-26-27(20-24)25-10-4-6-12-29(25)33-30-13-7-5-11-28(30)32-31(26)33;1-24(2)25(3,4)30-26(29-24)16-13-14-18-19(15-16)17-9-5-7-11-21(17)28-22-12-8-6-10-20(22)27-23(18)28;13-12-8-6-11(7-9-12)10-4-2-1-3-5-10/h1-20H;5-15H,1-4H3;1-9H. The van der Waals surface area contributed by atoms with Crippen LogP contribution in [0.25, 0.3) is 110 Å². The fourth-order valence-corrected chi connectivity index (χ4v) is 11.0. The molecular formula is C68H52BBrN4O2. The van der Waals surface area contributed by atoms with Crippen molar-refractivity contribution in [3.05, 3.63) is 247 Å². The fraction of sp³-hybridized carbons (Fsp3) is 0.0882. The summed E-state index contributed by atoms with van der Waals surface area (Å²) in [5, 5.41) is 7.14. The number of fused-ring (bicyclic) bond motifs is 16. The molecule has 0 radical (unpaired) electrons. The molecule has 76 heavy (non-hydrogen) atoms. The van der Waals surface area contributed by atoms with E-state index in [0.29, 0.717) is 0 Å². The molecule has 1 saturated heterocycles. The minimum absolute atomic E-state index is 0.362. The van der Waals surface area contributed by atoms with Crippen LogP contribution < -0.4 is 5.46 Å². The quantitative estimate of drug-likeness (QED) is 0.130. The van der Waals surface area contributed by atoms with Crippen molar-refractivity contribution in [2.24, 2.45) is 0 Å². The average Bonchev–Trinajstić information content (AvgIpc) is 4.19. The van der Waals surface area contributed by atoms with Crippen molar-refractivity contribution in [1.82, 2.24) is 18.8 Å². The lowest BCUT2D eigenvalue weighted by atomic mass is 9.78. The van der Waals surface area contributed by atoms with Crippen molar-refractivity contribution in [3.8, 4) is 33.4 Å². The van der Waals surface area contributed by atoms with Gasteiger partial charge >= 0.3 is 7.12 Å². The van der Waals surface area contributed by atoms with E-state index in [4.69, 9.17) is 19.3 Å². The number of benzene rings is 10. The molecule has 366 valence electrons. The lowest BCUT2D eigenvalue weighted by molar-refractivity contribution is 0.00578. The van der Waals surface area contributed by atoms with Gasteiger partial charge in [0.25, 0.3) is 0 Å². The summed E-state index contributed by atoms with van der Waals surface area (Å²) in [6, 6.07) is 85.1. The third-order valence-corrected chi connectivity index (χ3v) is 15.9. The van der Waals surface area contributed by atoms with Gasteiger partial charge in [-0.05, 0) is 138 Å². The van der Waals surface area contributed by atoms with Crippen molar-refractivity contribution in [1.29, 1.82) is 0 Å². The largest absolute Gasteiger partial charge is 0.494 e. The second-order valence-corrected chi connectivity index (χ2v) is 21.4. The summed E-state index contributed by atoms with van der Waals surface area (Å²) in [4.78, 5) is 9.97. The molecule has 1 aliphatic rings. The predicted molar refractivity (Wildman–Crippen MR) is 322 cm³/mol. The highest BCUT2D eigenvalue weighted by atomic mass is 79.9. The summed E-state index contributed by atoms with van der Waals surface area (Å²) < 4.78 is 18.3. The Hall–Kier alpha value is -8.40. The van der Waals surface area contributed by atoms with E-state index < -0.39 is 0 Å². The number of hydrogen-bond acceptors (Lipinski definition) is 4. The molecule has 0 amide bonds. The van der Waals surface area contributed by atoms with Crippen molar-refractivity contribution in [2.45, 2.75) is 38.9 Å². The first-order valence-corrected chi connectivity index (χ1v) is 26.6. The molecule has 4 aromatic heterocycles. The molecular weight excluding hydrogens is 995 g/mol. The third kappa shape index (κ3) is 8.39. The topological polar surface area (TPSA) is 53.1 Å². The van der Waals surface area contributed by atoms with Crippen molar-refractivity contribution in [3.63, 3.8) is 0 Å². The minimum Gasteiger partial charge on any atom is -0.399 e. The molecule has 0 atom stereocenters. The molecule has 0 aliphatic carbocycles. The Kier molecular flexibility index (Phi) is 11.9. The highest BCUT2D eigenvalue weighted by Crippen LogP contribution is 2.39. The summed E-state index contributed by atoms with van der Waals surface area (Å²) in [6.07, 6.45) is 0. The second kappa shape index (κ2) is 19.1. The zero-order chi connectivity index (χ0) is 51.5. The maximum Gasteiger partial charge on any atom is 0.494 e. The van der Waals surface area contributed by atoms with Crippen molar-refractivity contribution < 1.29 is 9.31 Å². The van der Waals surface area contributed by atoms with Gasteiger partial charge in [-0.2, -0.15) is 0 Å². The summed E-state index contributed by atoms with van der Waals surface area (Å²) in [7, 11) is -0.381. The molecule has 5 heterocycles. The van der Waals surface area contributed by atoms with Crippen LogP contribution >= 0.6 is 15.9 Å². The molecule has 8 heteroatoms. The van der Waals surface area contributed by atoms with E-state index in [1.165, 1.54) is 65.8 Å². The van der Waals surface area contributed by atoms with Gasteiger partial charge in [0.2, 0.25) is 0 Å². The normalized spacial score (nSPS) is 13.9. The lowest BCUT2D eigenvalue weighted by Crippen LogP contribution is -2.41. The summed E-state index contributed by atoms with van der Waals surface area (Å²) in [5.41, 5.74) is 16.4. The van der Waals surface area contributed by atoms with Gasteiger partial charge in [0.05, 0.1) is 44.3 Å². The molecule has 15 rings (SSSR count). The first-order chi connectivity index (χ1) is 37.1. The predicted octanol–water partition coefficient (Wildman–Crippen LogP) is 17.3. The lowest BCUT2D eigenvalue weighted by Gasteiger charge is -2.32. The monoisotopic (exact) mass is 1050 g/mol. The maximum absolute atomic E-state index is 6.30. The molecule has 0 saturated carbocycles. The summed E-state index contributed by atoms with van der Waals surface area (Å²) in [6.45, 7) is 8.35. The fourth-order valence-electron chi connectivity index (χ4n) is 10.7. The number of pyridine rings is 2. The van der Waals surface area contributed by atoms with Crippen LogP contribution in [0.3, 0.4) is 0 Å². The van der Waals surface area contributed by atoms with Gasteiger partial charge < -0.3 is 9.31 Å². The summed E-state index contributed by atoms with van der Waals surface area (Å²) >= 11 is 3.42. The zero-order valence-corrected chi connectivity index (χ0v) is 44.2. The van der Waals surface area contributed by atoms with Gasteiger partial charge in [-0.3, -0.25) is 8.80 Å². The molecule has 6 nitrogen and oxygen atoms in total. The maximum atomic E-state index is 6.30. The number of hydrogen-bond donors (Lipinski definition) is 0. The van der Waals surface area contributed by atoms with Gasteiger partial charge in [0, 0.05) is 26.0 Å². The van der Waals surface area contributed by atoms with Gasteiger partial charge in [0.1, 0.15) is 11.3 Å². The summed E-state index contributed by atoms with van der Waals surface area (Å²) in [5.74, 6) is 0. The van der Waals surface area contributed by atoms with Crippen LogP contribution in [0.5, 0.6) is 0 Å². The van der Waals surface area contributed by atoms with E-state index in [0.717, 1.165) is 54.2 Å². The van der Waals surface area contributed by atoms with Gasteiger partial charge in [-0.1, -0.05) is 198 Å². The number of rotatable bonds is 4. The Morgan fingerprint density at radius 2 is 0.711 bits per heavy atom. The van der Waals surface area contributed by atoms with E-state index in [1.807, 2.05) is 12.1 Å². The average molecular weight is 1050 g/mol. The minimum atomic E-state index is -0.381. The first kappa shape index (κ1) is 47.3. The van der Waals surface area contributed by atoms with Crippen molar-refractivity contribution >= 4 is 105 Å². The Balaban J connectivity index is 0.000000119. The Morgan fingerprint density at radius 1 is 0.342 bits per heavy atom. The smallest absolute Gasteiger partial charge is 0.399 e. The van der Waals surface area contributed by atoms with E-state index in [2.05, 4.69) is 283 Å². The Morgan fingerprint density at radius 3 is 1.21 bits per heavy atom. The zero-order valence-electron chi connectivity index (χ0n) is 42.7. The van der Waals surface area contributed by atoms with Gasteiger partial charge in [-0.15, -0.1) is 0 Å². The highest BCUT2D eigenvalue weighted by molar-refractivity contribution is 9.10. The van der Waals surface area contributed by atoms with Gasteiger partial charge in [0.15, 0.2) is 0 Å².